The van der Waals surface area contributed by atoms with Gasteiger partial charge in [-0.15, -0.1) is 0 Å². The number of rotatable bonds is 17. The molecule has 0 aliphatic carbocycles. The van der Waals surface area contributed by atoms with Gasteiger partial charge in [0.25, 0.3) is 0 Å². The third kappa shape index (κ3) is 13.6. The third-order valence-corrected chi connectivity index (χ3v) is 7.64. The van der Waals surface area contributed by atoms with Crippen LogP contribution in [0.15, 0.2) is 55.0 Å². The third-order valence-electron chi connectivity index (χ3n) is 7.64. The highest BCUT2D eigenvalue weighted by molar-refractivity contribution is 5.60. The quantitative estimate of drug-likeness (QED) is 0.143. The molecular weight excluding hydrogens is 574 g/mol. The molecule has 0 spiro atoms. The lowest BCUT2D eigenvalue weighted by atomic mass is 9.78. The van der Waals surface area contributed by atoms with Crippen LogP contribution in [0.1, 0.15) is 101 Å². The first kappa shape index (κ1) is 37.2. The number of ether oxygens (including phenoxy) is 3. The Kier molecular flexibility index (Phi) is 13.0. The van der Waals surface area contributed by atoms with Crippen LogP contribution in [-0.2, 0) is 10.2 Å². The van der Waals surface area contributed by atoms with Gasteiger partial charge in [-0.25, -0.2) is 9.97 Å². The van der Waals surface area contributed by atoms with Crippen LogP contribution >= 0.6 is 0 Å². The van der Waals surface area contributed by atoms with Crippen LogP contribution in [0.2, 0.25) is 0 Å². The van der Waals surface area contributed by atoms with Crippen LogP contribution in [-0.4, -0.2) is 58.5 Å². The van der Waals surface area contributed by atoms with Gasteiger partial charge in [0, 0.05) is 48.5 Å². The molecule has 254 valence electrons. The molecule has 2 N–H and O–H groups in total. The van der Waals surface area contributed by atoms with E-state index in [1.807, 2.05) is 42.9 Å². The van der Waals surface area contributed by atoms with Crippen molar-refractivity contribution >= 4 is 5.82 Å². The average Bonchev–Trinajstić information content (AvgIpc) is 2.97. The van der Waals surface area contributed by atoms with Crippen LogP contribution in [0.5, 0.6) is 11.6 Å². The molecule has 0 fully saturated rings. The van der Waals surface area contributed by atoms with Crippen molar-refractivity contribution < 1.29 is 14.2 Å². The minimum Gasteiger partial charge on any atom is -0.494 e. The SMILES string of the molecule is C[C@H](CNC(C)(C)C)Oc1cc(C(C)(C)CCC(C)(C)Nc2cnc(-c3ccc(OCCCOCC(C)(C)C)cc3)cn2)ccn1. The second kappa shape index (κ2) is 16.1. The maximum Gasteiger partial charge on any atom is 0.213 e. The van der Waals surface area contributed by atoms with E-state index < -0.39 is 0 Å². The van der Waals surface area contributed by atoms with Crippen LogP contribution in [0.3, 0.4) is 0 Å². The summed E-state index contributed by atoms with van der Waals surface area (Å²) >= 11 is 0. The zero-order valence-corrected chi connectivity index (χ0v) is 30.3. The van der Waals surface area contributed by atoms with E-state index in [2.05, 4.69) is 114 Å². The number of benzene rings is 1. The summed E-state index contributed by atoms with van der Waals surface area (Å²) in [5.74, 6) is 2.27. The van der Waals surface area contributed by atoms with E-state index in [4.69, 9.17) is 14.2 Å². The van der Waals surface area contributed by atoms with Crippen molar-refractivity contribution in [2.24, 2.45) is 5.41 Å². The monoisotopic (exact) mass is 633 g/mol. The minimum atomic E-state index is -0.177. The summed E-state index contributed by atoms with van der Waals surface area (Å²) in [7, 11) is 0. The van der Waals surface area contributed by atoms with Crippen LogP contribution in [0.4, 0.5) is 5.82 Å². The molecule has 0 amide bonds. The van der Waals surface area contributed by atoms with Crippen molar-refractivity contribution in [3.8, 4) is 22.9 Å². The molecule has 1 aromatic carbocycles. The van der Waals surface area contributed by atoms with Crippen molar-refractivity contribution in [2.45, 2.75) is 118 Å². The van der Waals surface area contributed by atoms with Crippen molar-refractivity contribution in [2.75, 3.05) is 31.7 Å². The summed E-state index contributed by atoms with van der Waals surface area (Å²) in [6.45, 7) is 26.9. The molecule has 1 atom stereocenters. The lowest BCUT2D eigenvalue weighted by Crippen LogP contribution is -2.41. The molecule has 0 aliphatic rings. The topological polar surface area (TPSA) is 90.4 Å². The Hall–Kier alpha value is -3.23. The van der Waals surface area contributed by atoms with E-state index in [-0.39, 0.29) is 28.0 Å². The molecule has 3 aromatic rings. The van der Waals surface area contributed by atoms with Gasteiger partial charge in [-0.2, -0.15) is 0 Å². The zero-order chi connectivity index (χ0) is 34.0. The fraction of sp³-hybridized carbons (Fsp3) is 0.605. The predicted molar refractivity (Wildman–Crippen MR) is 190 cm³/mol. The highest BCUT2D eigenvalue weighted by atomic mass is 16.5. The van der Waals surface area contributed by atoms with Gasteiger partial charge in [-0.3, -0.25) is 4.98 Å². The summed E-state index contributed by atoms with van der Waals surface area (Å²) in [4.78, 5) is 13.8. The van der Waals surface area contributed by atoms with Gasteiger partial charge in [0.2, 0.25) is 5.88 Å². The molecule has 0 saturated carbocycles. The smallest absolute Gasteiger partial charge is 0.213 e. The number of nitrogens with zero attached hydrogens (tertiary/aromatic N) is 3. The average molecular weight is 634 g/mol. The van der Waals surface area contributed by atoms with Gasteiger partial charge < -0.3 is 24.8 Å². The van der Waals surface area contributed by atoms with E-state index in [1.54, 1.807) is 0 Å². The molecule has 2 aromatic heterocycles. The summed E-state index contributed by atoms with van der Waals surface area (Å²) in [5, 5.41) is 7.09. The Morgan fingerprint density at radius 3 is 2.15 bits per heavy atom. The van der Waals surface area contributed by atoms with Gasteiger partial charge in [0.1, 0.15) is 17.7 Å². The summed E-state index contributed by atoms with van der Waals surface area (Å²) in [6, 6.07) is 12.2. The Morgan fingerprint density at radius 2 is 1.52 bits per heavy atom. The van der Waals surface area contributed by atoms with E-state index in [0.29, 0.717) is 19.1 Å². The number of aromatic nitrogens is 3. The second-order valence-electron chi connectivity index (χ2n) is 16.0. The number of nitrogens with one attached hydrogen (secondary N) is 2. The normalized spacial score (nSPS) is 13.4. The van der Waals surface area contributed by atoms with E-state index in [1.165, 1.54) is 5.56 Å². The van der Waals surface area contributed by atoms with Gasteiger partial charge in [-0.1, -0.05) is 34.6 Å². The van der Waals surface area contributed by atoms with Crippen LogP contribution in [0.25, 0.3) is 11.3 Å². The van der Waals surface area contributed by atoms with Crippen molar-refractivity contribution in [3.05, 3.63) is 60.6 Å². The van der Waals surface area contributed by atoms with Gasteiger partial charge in [-0.05, 0) is 101 Å². The first-order valence-corrected chi connectivity index (χ1v) is 16.7. The molecule has 8 nitrogen and oxygen atoms in total. The van der Waals surface area contributed by atoms with Gasteiger partial charge in [0.15, 0.2) is 0 Å². The fourth-order valence-corrected chi connectivity index (χ4v) is 4.76. The highest BCUT2D eigenvalue weighted by Crippen LogP contribution is 2.33. The molecule has 0 saturated heterocycles. The zero-order valence-electron chi connectivity index (χ0n) is 30.3. The van der Waals surface area contributed by atoms with E-state index in [9.17, 15) is 0 Å². The van der Waals surface area contributed by atoms with E-state index >= 15 is 0 Å². The first-order valence-electron chi connectivity index (χ1n) is 16.7. The lowest BCUT2D eigenvalue weighted by Gasteiger charge is -2.33. The molecule has 46 heavy (non-hydrogen) atoms. The summed E-state index contributed by atoms with van der Waals surface area (Å²) < 4.78 is 17.7. The van der Waals surface area contributed by atoms with Gasteiger partial charge >= 0.3 is 0 Å². The molecule has 0 aliphatic heterocycles. The van der Waals surface area contributed by atoms with Crippen molar-refractivity contribution in [1.82, 2.24) is 20.3 Å². The predicted octanol–water partition coefficient (Wildman–Crippen LogP) is 8.47. The molecular formula is C38H59N5O3. The first-order chi connectivity index (χ1) is 21.4. The number of pyridine rings is 1. The standard InChI is InChI=1S/C38H59N5O3/c1-28(24-42-36(5,6)7)46-34-23-30(17-20-39-34)37(8,9)18-19-38(10,11)43-33-26-40-32(25-41-33)29-13-15-31(16-14-29)45-22-12-21-44-27-35(2,3)4/h13-17,20,23,25-26,28,42H,12,18-19,21-22,24,27H2,1-11H3,(H,41,43)/t28-/m1/s1. The number of hydrogen-bond acceptors (Lipinski definition) is 8. The Labute approximate surface area is 278 Å². The minimum absolute atomic E-state index is 0.0215. The molecule has 2 heterocycles. The molecule has 0 bridgehead atoms. The number of anilines is 1. The molecule has 0 radical (unpaired) electrons. The van der Waals surface area contributed by atoms with Crippen LogP contribution < -0.4 is 20.1 Å². The Balaban J connectivity index is 1.48. The largest absolute Gasteiger partial charge is 0.494 e. The summed E-state index contributed by atoms with van der Waals surface area (Å²) in [5.41, 5.74) is 3.05. The molecule has 0 unspecified atom stereocenters. The Morgan fingerprint density at radius 1 is 0.804 bits per heavy atom. The maximum absolute atomic E-state index is 6.14. The van der Waals surface area contributed by atoms with Crippen LogP contribution in [0, 0.1) is 5.41 Å². The van der Waals surface area contributed by atoms with Gasteiger partial charge in [0.05, 0.1) is 31.3 Å². The highest BCUT2D eigenvalue weighted by Gasteiger charge is 2.27. The Bertz CT molecular complexity index is 1330. The molecule has 3 rings (SSSR count). The number of hydrogen-bond donors (Lipinski definition) is 2. The second-order valence-corrected chi connectivity index (χ2v) is 16.0. The molecule has 8 heteroatoms. The van der Waals surface area contributed by atoms with Crippen molar-refractivity contribution in [3.63, 3.8) is 0 Å². The summed E-state index contributed by atoms with van der Waals surface area (Å²) in [6.07, 6.45) is 8.28. The lowest BCUT2D eigenvalue weighted by molar-refractivity contribution is 0.0634. The maximum atomic E-state index is 6.14. The van der Waals surface area contributed by atoms with Crippen molar-refractivity contribution in [1.29, 1.82) is 0 Å². The van der Waals surface area contributed by atoms with E-state index in [0.717, 1.165) is 55.2 Å². The fourth-order valence-electron chi connectivity index (χ4n) is 4.76.